The molecule has 100 valence electrons. The van der Waals surface area contributed by atoms with Crippen molar-refractivity contribution < 1.29 is 9.90 Å². The molecule has 2 rings (SSSR count). The molecule has 0 radical (unpaired) electrons. The third kappa shape index (κ3) is 2.45. The van der Waals surface area contributed by atoms with Crippen LogP contribution in [-0.2, 0) is 4.79 Å². The standard InChI is InChI=1S/C15H13N3O2/c1-10-14(8-12(9-16)15(19)20)11(2)18(17-10)13-6-4-3-5-7-13/h3-8H,1-2H3,(H,19,20)/b12-8-. The van der Waals surface area contributed by atoms with Crippen molar-refractivity contribution in [2.75, 3.05) is 0 Å². The number of aryl methyl sites for hydroxylation is 1. The molecule has 1 aromatic carbocycles. The van der Waals surface area contributed by atoms with Crippen LogP contribution in [0.5, 0.6) is 0 Å². The Hall–Kier alpha value is -2.87. The fraction of sp³-hybridized carbons (Fsp3) is 0.133. The summed E-state index contributed by atoms with van der Waals surface area (Å²) in [5.41, 5.74) is 2.72. The quantitative estimate of drug-likeness (QED) is 0.684. The number of aliphatic carboxylic acids is 1. The average molecular weight is 267 g/mol. The summed E-state index contributed by atoms with van der Waals surface area (Å²) in [6.07, 6.45) is 1.36. The van der Waals surface area contributed by atoms with Gasteiger partial charge in [0.25, 0.3) is 0 Å². The Kier molecular flexibility index (Phi) is 3.67. The summed E-state index contributed by atoms with van der Waals surface area (Å²) in [6.45, 7) is 3.63. The molecule has 1 aromatic heterocycles. The van der Waals surface area contributed by atoms with E-state index >= 15 is 0 Å². The first-order valence-corrected chi connectivity index (χ1v) is 6.01. The Labute approximate surface area is 116 Å². The fourth-order valence-electron chi connectivity index (χ4n) is 1.97. The van der Waals surface area contributed by atoms with E-state index in [1.165, 1.54) is 6.08 Å². The van der Waals surface area contributed by atoms with Crippen molar-refractivity contribution in [1.82, 2.24) is 9.78 Å². The smallest absolute Gasteiger partial charge is 0.346 e. The number of benzene rings is 1. The zero-order valence-electron chi connectivity index (χ0n) is 11.2. The second-order valence-electron chi connectivity index (χ2n) is 4.31. The highest BCUT2D eigenvalue weighted by Crippen LogP contribution is 2.20. The van der Waals surface area contributed by atoms with Crippen LogP contribution in [0.15, 0.2) is 35.9 Å². The Bertz CT molecular complexity index is 722. The summed E-state index contributed by atoms with van der Waals surface area (Å²) in [5.74, 6) is -1.24. The van der Waals surface area contributed by atoms with Gasteiger partial charge in [0.1, 0.15) is 11.6 Å². The molecule has 20 heavy (non-hydrogen) atoms. The Morgan fingerprint density at radius 3 is 2.55 bits per heavy atom. The zero-order valence-corrected chi connectivity index (χ0v) is 11.2. The average Bonchev–Trinajstić information content (AvgIpc) is 2.72. The van der Waals surface area contributed by atoms with Crippen molar-refractivity contribution in [3.8, 4) is 11.8 Å². The molecule has 5 heteroatoms. The number of carboxylic acid groups (broad SMARTS) is 1. The molecule has 1 heterocycles. The van der Waals surface area contributed by atoms with E-state index in [1.807, 2.05) is 37.3 Å². The van der Waals surface area contributed by atoms with Crippen molar-refractivity contribution >= 4 is 12.0 Å². The number of hydrogen-bond donors (Lipinski definition) is 1. The third-order valence-electron chi connectivity index (χ3n) is 2.99. The van der Waals surface area contributed by atoms with E-state index in [1.54, 1.807) is 17.7 Å². The molecule has 2 aromatic rings. The van der Waals surface area contributed by atoms with Gasteiger partial charge in [-0.25, -0.2) is 9.48 Å². The number of para-hydroxylation sites is 1. The van der Waals surface area contributed by atoms with Crippen LogP contribution in [0.2, 0.25) is 0 Å². The molecule has 0 fully saturated rings. The molecule has 0 atom stereocenters. The predicted molar refractivity (Wildman–Crippen MR) is 74.3 cm³/mol. The van der Waals surface area contributed by atoms with Crippen LogP contribution in [-0.4, -0.2) is 20.9 Å². The maximum absolute atomic E-state index is 10.9. The van der Waals surface area contributed by atoms with Gasteiger partial charge in [0.05, 0.1) is 11.4 Å². The summed E-state index contributed by atoms with van der Waals surface area (Å²) in [5, 5.41) is 22.2. The molecule has 0 amide bonds. The normalized spacial score (nSPS) is 11.2. The van der Waals surface area contributed by atoms with Crippen molar-refractivity contribution in [1.29, 1.82) is 5.26 Å². The van der Waals surface area contributed by atoms with Gasteiger partial charge in [0, 0.05) is 11.3 Å². The minimum atomic E-state index is -1.24. The summed E-state index contributed by atoms with van der Waals surface area (Å²) in [7, 11) is 0. The second kappa shape index (κ2) is 5.41. The molecule has 0 aliphatic carbocycles. The highest BCUT2D eigenvalue weighted by molar-refractivity contribution is 5.96. The van der Waals surface area contributed by atoms with Crippen LogP contribution in [0.1, 0.15) is 17.0 Å². The van der Waals surface area contributed by atoms with Crippen molar-refractivity contribution in [2.45, 2.75) is 13.8 Å². The highest BCUT2D eigenvalue weighted by atomic mass is 16.4. The summed E-state index contributed by atoms with van der Waals surface area (Å²) >= 11 is 0. The van der Waals surface area contributed by atoms with Crippen LogP contribution < -0.4 is 0 Å². The van der Waals surface area contributed by atoms with Crippen LogP contribution in [0.25, 0.3) is 11.8 Å². The molecule has 0 unspecified atom stereocenters. The maximum atomic E-state index is 10.9. The van der Waals surface area contributed by atoms with E-state index in [-0.39, 0.29) is 5.57 Å². The van der Waals surface area contributed by atoms with Crippen LogP contribution in [0.3, 0.4) is 0 Å². The Morgan fingerprint density at radius 1 is 1.35 bits per heavy atom. The SMILES string of the molecule is Cc1nn(-c2ccccc2)c(C)c1/C=C(/C#N)C(=O)O. The van der Waals surface area contributed by atoms with E-state index in [0.717, 1.165) is 11.4 Å². The molecular weight excluding hydrogens is 254 g/mol. The van der Waals surface area contributed by atoms with Gasteiger partial charge in [-0.2, -0.15) is 10.4 Å². The van der Waals surface area contributed by atoms with Gasteiger partial charge >= 0.3 is 5.97 Å². The van der Waals surface area contributed by atoms with E-state index < -0.39 is 5.97 Å². The first-order valence-electron chi connectivity index (χ1n) is 6.01. The lowest BCUT2D eigenvalue weighted by Crippen LogP contribution is -1.99. The monoisotopic (exact) mass is 267 g/mol. The van der Waals surface area contributed by atoms with Gasteiger partial charge in [-0.15, -0.1) is 0 Å². The molecule has 0 spiro atoms. The third-order valence-corrected chi connectivity index (χ3v) is 2.99. The molecular formula is C15H13N3O2. The van der Waals surface area contributed by atoms with E-state index in [0.29, 0.717) is 11.3 Å². The molecule has 1 N–H and O–H groups in total. The maximum Gasteiger partial charge on any atom is 0.346 e. The van der Waals surface area contributed by atoms with E-state index in [2.05, 4.69) is 5.10 Å². The minimum Gasteiger partial charge on any atom is -0.477 e. The Balaban J connectivity index is 2.56. The zero-order chi connectivity index (χ0) is 14.7. The predicted octanol–water partition coefficient (Wildman–Crippen LogP) is 2.48. The number of nitriles is 1. The topological polar surface area (TPSA) is 78.9 Å². The van der Waals surface area contributed by atoms with Gasteiger partial charge in [0.2, 0.25) is 0 Å². The van der Waals surface area contributed by atoms with Crippen LogP contribution in [0, 0.1) is 25.2 Å². The van der Waals surface area contributed by atoms with Gasteiger partial charge < -0.3 is 5.11 Å². The van der Waals surface area contributed by atoms with Crippen LogP contribution in [0.4, 0.5) is 0 Å². The van der Waals surface area contributed by atoms with Gasteiger partial charge in [-0.05, 0) is 32.1 Å². The molecule has 0 saturated carbocycles. The van der Waals surface area contributed by atoms with Crippen molar-refractivity contribution in [3.05, 3.63) is 52.9 Å². The molecule has 5 nitrogen and oxygen atoms in total. The van der Waals surface area contributed by atoms with Crippen molar-refractivity contribution in [3.63, 3.8) is 0 Å². The number of nitrogens with zero attached hydrogens (tertiary/aromatic N) is 3. The van der Waals surface area contributed by atoms with E-state index in [9.17, 15) is 4.79 Å². The lowest BCUT2D eigenvalue weighted by molar-refractivity contribution is -0.132. The first-order chi connectivity index (χ1) is 9.54. The number of aromatic nitrogens is 2. The highest BCUT2D eigenvalue weighted by Gasteiger charge is 2.14. The van der Waals surface area contributed by atoms with Crippen LogP contribution >= 0.6 is 0 Å². The largest absolute Gasteiger partial charge is 0.477 e. The Morgan fingerprint density at radius 2 is 2.00 bits per heavy atom. The molecule has 0 saturated heterocycles. The number of carboxylic acids is 1. The summed E-state index contributed by atoms with van der Waals surface area (Å²) in [6, 6.07) is 11.2. The number of rotatable bonds is 3. The number of carbonyl (C=O) groups is 1. The van der Waals surface area contributed by atoms with Crippen molar-refractivity contribution in [2.24, 2.45) is 0 Å². The van der Waals surface area contributed by atoms with Gasteiger partial charge in [0.15, 0.2) is 0 Å². The molecule has 0 aliphatic heterocycles. The lowest BCUT2D eigenvalue weighted by Gasteiger charge is -2.03. The second-order valence-corrected chi connectivity index (χ2v) is 4.31. The minimum absolute atomic E-state index is 0.302. The number of hydrogen-bond acceptors (Lipinski definition) is 3. The fourth-order valence-corrected chi connectivity index (χ4v) is 1.97. The lowest BCUT2D eigenvalue weighted by atomic mass is 10.1. The van der Waals surface area contributed by atoms with Gasteiger partial charge in [-0.1, -0.05) is 18.2 Å². The van der Waals surface area contributed by atoms with E-state index in [4.69, 9.17) is 10.4 Å². The summed E-state index contributed by atoms with van der Waals surface area (Å²) < 4.78 is 1.73. The van der Waals surface area contributed by atoms with Gasteiger partial charge in [-0.3, -0.25) is 0 Å². The summed E-state index contributed by atoms with van der Waals surface area (Å²) in [4.78, 5) is 10.9. The first kappa shape index (κ1) is 13.6. The molecule has 0 aliphatic rings. The molecule has 0 bridgehead atoms.